The molecule has 0 amide bonds. The number of nitrogens with zero attached hydrogens (tertiary/aromatic N) is 5. The summed E-state index contributed by atoms with van der Waals surface area (Å²) in [6, 6.07) is 10.1. The van der Waals surface area contributed by atoms with Crippen LogP contribution in [0.2, 0.25) is 0 Å². The molecule has 2 aromatic carbocycles. The van der Waals surface area contributed by atoms with Crippen LogP contribution in [0.3, 0.4) is 0 Å². The minimum absolute atomic E-state index is 0.160. The summed E-state index contributed by atoms with van der Waals surface area (Å²) in [7, 11) is 0. The molecule has 0 aliphatic carbocycles. The third-order valence-corrected chi connectivity index (χ3v) is 4.14. The van der Waals surface area contributed by atoms with Crippen LogP contribution in [0.25, 0.3) is 22.6 Å². The van der Waals surface area contributed by atoms with E-state index in [2.05, 4.69) is 15.0 Å². The number of nitro benzene ring substituents is 2. The van der Waals surface area contributed by atoms with Gasteiger partial charge in [0, 0.05) is 30.2 Å². The van der Waals surface area contributed by atoms with Crippen LogP contribution in [-0.2, 0) is 0 Å². The summed E-state index contributed by atoms with van der Waals surface area (Å²) in [5, 5.41) is 32.1. The summed E-state index contributed by atoms with van der Waals surface area (Å²) in [6.45, 7) is 0. The Balaban J connectivity index is 1.70. The smallest absolute Gasteiger partial charge is 0.318 e. The maximum Gasteiger partial charge on any atom is 0.318 e. The second-order valence-electron chi connectivity index (χ2n) is 6.09. The van der Waals surface area contributed by atoms with Crippen LogP contribution in [0, 0.1) is 20.2 Å². The fraction of sp³-hybridized carbons (Fsp3) is 0. The number of pyridine rings is 1. The Kier molecular flexibility index (Phi) is 4.60. The molecule has 0 radical (unpaired) electrons. The van der Waals surface area contributed by atoms with E-state index < -0.39 is 27.0 Å². The van der Waals surface area contributed by atoms with Gasteiger partial charge in [-0.3, -0.25) is 30.2 Å². The largest absolute Gasteiger partial charge is 0.502 e. The lowest BCUT2D eigenvalue weighted by molar-refractivity contribution is -0.394. The zero-order chi connectivity index (χ0) is 21.3. The van der Waals surface area contributed by atoms with Crippen molar-refractivity contribution < 1.29 is 19.4 Å². The molecule has 0 saturated heterocycles. The summed E-state index contributed by atoms with van der Waals surface area (Å²) in [5.41, 5.74) is 0.661. The van der Waals surface area contributed by atoms with Crippen LogP contribution in [0.15, 0.2) is 64.3 Å². The molecule has 148 valence electrons. The van der Waals surface area contributed by atoms with Crippen molar-refractivity contribution in [1.29, 1.82) is 0 Å². The number of phenolic OH excluding ortho intramolecular Hbond substituents is 1. The maximum absolute atomic E-state index is 11.0. The van der Waals surface area contributed by atoms with Crippen LogP contribution in [-0.4, -0.2) is 31.1 Å². The zero-order valence-corrected chi connectivity index (χ0v) is 15.0. The van der Waals surface area contributed by atoms with Gasteiger partial charge in [0.2, 0.25) is 11.6 Å². The van der Waals surface area contributed by atoms with Crippen molar-refractivity contribution >= 4 is 34.4 Å². The SMILES string of the molecule is O=[N+]([O-])c1cc(C=Nc2ccc3oc(-c4cccnc4)nc3c2)c(O)c([N+](=O)[O-])c1. The summed E-state index contributed by atoms with van der Waals surface area (Å²) >= 11 is 0. The standard InChI is InChI=1S/C19H11N5O6/c25-18-12(6-14(23(26)27)8-16(18)24(28)29)10-21-13-3-4-17-15(7-13)22-19(30-17)11-2-1-5-20-9-11/h1-10,25H. The Morgan fingerprint density at radius 3 is 2.63 bits per heavy atom. The molecule has 2 aromatic heterocycles. The molecule has 0 bridgehead atoms. The molecular formula is C19H11N5O6. The number of benzene rings is 2. The fourth-order valence-corrected chi connectivity index (χ4v) is 2.72. The number of aliphatic imine (C=N–C) groups is 1. The average molecular weight is 405 g/mol. The van der Waals surface area contributed by atoms with E-state index in [1.54, 1.807) is 42.7 Å². The monoisotopic (exact) mass is 405 g/mol. The zero-order valence-electron chi connectivity index (χ0n) is 15.0. The van der Waals surface area contributed by atoms with Gasteiger partial charge >= 0.3 is 5.69 Å². The molecule has 30 heavy (non-hydrogen) atoms. The Morgan fingerprint density at radius 2 is 1.93 bits per heavy atom. The van der Waals surface area contributed by atoms with Crippen LogP contribution in [0.1, 0.15) is 5.56 Å². The van der Waals surface area contributed by atoms with E-state index in [1.807, 2.05) is 0 Å². The van der Waals surface area contributed by atoms with Crippen LogP contribution < -0.4 is 0 Å². The van der Waals surface area contributed by atoms with Gasteiger partial charge in [-0.25, -0.2) is 4.98 Å². The highest BCUT2D eigenvalue weighted by Crippen LogP contribution is 2.34. The Bertz CT molecular complexity index is 1320. The normalized spacial score (nSPS) is 11.2. The summed E-state index contributed by atoms with van der Waals surface area (Å²) in [4.78, 5) is 32.9. The quantitative estimate of drug-likeness (QED) is 0.294. The number of rotatable bonds is 5. The number of hydrogen-bond acceptors (Lipinski definition) is 9. The van der Waals surface area contributed by atoms with Crippen molar-refractivity contribution in [3.8, 4) is 17.2 Å². The van der Waals surface area contributed by atoms with Crippen molar-refractivity contribution in [2.45, 2.75) is 0 Å². The molecule has 0 fully saturated rings. The van der Waals surface area contributed by atoms with Crippen molar-refractivity contribution in [2.24, 2.45) is 4.99 Å². The molecule has 1 N–H and O–H groups in total. The van der Waals surface area contributed by atoms with E-state index >= 15 is 0 Å². The molecular weight excluding hydrogens is 394 g/mol. The van der Waals surface area contributed by atoms with Gasteiger partial charge in [0.25, 0.3) is 5.69 Å². The molecule has 2 heterocycles. The minimum atomic E-state index is -0.902. The number of fused-ring (bicyclic) bond motifs is 1. The van der Waals surface area contributed by atoms with E-state index in [0.29, 0.717) is 34.3 Å². The van der Waals surface area contributed by atoms with E-state index in [-0.39, 0.29) is 5.56 Å². The van der Waals surface area contributed by atoms with E-state index in [1.165, 1.54) is 0 Å². The molecule has 4 rings (SSSR count). The molecule has 0 saturated carbocycles. The summed E-state index contributed by atoms with van der Waals surface area (Å²) in [5.74, 6) is -0.332. The first-order chi connectivity index (χ1) is 14.4. The Hall–Kier alpha value is -4.67. The number of aromatic nitrogens is 2. The molecule has 0 aliphatic rings. The van der Waals surface area contributed by atoms with Gasteiger partial charge in [-0.1, -0.05) is 0 Å². The Labute approximate surface area is 167 Å². The van der Waals surface area contributed by atoms with Gasteiger partial charge in [0.05, 0.1) is 27.2 Å². The van der Waals surface area contributed by atoms with E-state index in [9.17, 15) is 25.3 Å². The highest BCUT2D eigenvalue weighted by atomic mass is 16.6. The topological polar surface area (TPSA) is 158 Å². The van der Waals surface area contributed by atoms with Crippen molar-refractivity contribution in [1.82, 2.24) is 9.97 Å². The lowest BCUT2D eigenvalue weighted by atomic mass is 10.1. The second-order valence-corrected chi connectivity index (χ2v) is 6.09. The van der Waals surface area contributed by atoms with Crippen molar-refractivity contribution in [3.05, 3.63) is 80.7 Å². The van der Waals surface area contributed by atoms with Crippen LogP contribution in [0.5, 0.6) is 5.75 Å². The number of oxazole rings is 1. The minimum Gasteiger partial charge on any atom is -0.502 e. The van der Waals surface area contributed by atoms with Gasteiger partial charge in [0.1, 0.15) is 5.52 Å². The highest BCUT2D eigenvalue weighted by molar-refractivity contribution is 5.89. The van der Waals surface area contributed by atoms with Gasteiger partial charge in [-0.2, -0.15) is 0 Å². The maximum atomic E-state index is 11.0. The fourth-order valence-electron chi connectivity index (χ4n) is 2.72. The highest BCUT2D eigenvalue weighted by Gasteiger charge is 2.23. The molecule has 11 nitrogen and oxygen atoms in total. The van der Waals surface area contributed by atoms with Gasteiger partial charge in [-0.15, -0.1) is 0 Å². The lowest BCUT2D eigenvalue weighted by Crippen LogP contribution is -1.96. The second kappa shape index (κ2) is 7.39. The molecule has 4 aromatic rings. The number of aromatic hydroxyl groups is 1. The van der Waals surface area contributed by atoms with Gasteiger partial charge < -0.3 is 9.52 Å². The number of phenols is 1. The first-order valence-corrected chi connectivity index (χ1v) is 8.43. The predicted octanol–water partition coefficient (Wildman–Crippen LogP) is 4.16. The Morgan fingerprint density at radius 1 is 1.10 bits per heavy atom. The third kappa shape index (κ3) is 3.54. The lowest BCUT2D eigenvalue weighted by Gasteiger charge is -2.01. The predicted molar refractivity (Wildman–Crippen MR) is 106 cm³/mol. The number of non-ortho nitro benzene ring substituents is 1. The summed E-state index contributed by atoms with van der Waals surface area (Å²) < 4.78 is 5.68. The van der Waals surface area contributed by atoms with Crippen LogP contribution >= 0.6 is 0 Å². The molecule has 0 unspecified atom stereocenters. The first-order valence-electron chi connectivity index (χ1n) is 8.43. The van der Waals surface area contributed by atoms with Gasteiger partial charge in [0.15, 0.2) is 5.58 Å². The van der Waals surface area contributed by atoms with Crippen molar-refractivity contribution in [3.63, 3.8) is 0 Å². The van der Waals surface area contributed by atoms with Crippen LogP contribution in [0.4, 0.5) is 17.1 Å². The number of hydrogen-bond donors (Lipinski definition) is 1. The molecule has 0 aliphatic heterocycles. The number of nitro groups is 2. The van der Waals surface area contributed by atoms with E-state index in [4.69, 9.17) is 4.42 Å². The van der Waals surface area contributed by atoms with E-state index in [0.717, 1.165) is 12.3 Å². The third-order valence-electron chi connectivity index (χ3n) is 4.14. The summed E-state index contributed by atoms with van der Waals surface area (Å²) in [6.07, 6.45) is 4.35. The molecule has 0 atom stereocenters. The molecule has 0 spiro atoms. The van der Waals surface area contributed by atoms with Gasteiger partial charge in [-0.05, 0) is 30.3 Å². The first kappa shape index (κ1) is 18.7. The van der Waals surface area contributed by atoms with Crippen molar-refractivity contribution in [2.75, 3.05) is 0 Å². The average Bonchev–Trinajstić information content (AvgIpc) is 3.16. The molecule has 11 heteroatoms.